The van der Waals surface area contributed by atoms with Gasteiger partial charge in [-0.25, -0.2) is 0 Å². The lowest BCUT2D eigenvalue weighted by molar-refractivity contribution is -0.131. The number of carbonyl (C=O) groups excluding carboxylic acids is 4. The summed E-state index contributed by atoms with van der Waals surface area (Å²) < 4.78 is 0. The molecule has 0 heterocycles. The van der Waals surface area contributed by atoms with Gasteiger partial charge in [-0.3, -0.25) is 14.4 Å². The predicted molar refractivity (Wildman–Crippen MR) is 124 cm³/mol. The Bertz CT molecular complexity index is 537. The van der Waals surface area contributed by atoms with E-state index in [1.54, 1.807) is 6.92 Å². The maximum atomic E-state index is 12.4. The topological polar surface area (TPSA) is 118 Å². The van der Waals surface area contributed by atoms with Crippen LogP contribution in [0.25, 0.3) is 0 Å². The maximum Gasteiger partial charge on any atom is 0.243 e. The van der Waals surface area contributed by atoms with Crippen molar-refractivity contribution in [1.82, 2.24) is 10.6 Å². The number of nitrogens with two attached hydrogens (primary N) is 1. The van der Waals surface area contributed by atoms with Crippen molar-refractivity contribution >= 4 is 23.5 Å². The molecule has 7 nitrogen and oxygen atoms in total. The van der Waals surface area contributed by atoms with Crippen LogP contribution in [0, 0.1) is 0 Å². The first-order chi connectivity index (χ1) is 14.8. The lowest BCUT2D eigenvalue weighted by atomic mass is 10.0. The zero-order valence-electron chi connectivity index (χ0n) is 20.0. The minimum Gasteiger partial charge on any atom is -0.370 e. The van der Waals surface area contributed by atoms with E-state index in [2.05, 4.69) is 17.6 Å². The van der Waals surface area contributed by atoms with E-state index < -0.39 is 17.9 Å². The minimum atomic E-state index is -0.975. The van der Waals surface area contributed by atoms with Crippen molar-refractivity contribution in [3.63, 3.8) is 0 Å². The molecular weight excluding hydrogens is 394 g/mol. The molecule has 0 fully saturated rings. The zero-order valence-corrected chi connectivity index (χ0v) is 20.0. The van der Waals surface area contributed by atoms with Crippen LogP contribution in [0.2, 0.25) is 0 Å². The van der Waals surface area contributed by atoms with E-state index >= 15 is 0 Å². The summed E-state index contributed by atoms with van der Waals surface area (Å²) in [4.78, 5) is 47.0. The highest BCUT2D eigenvalue weighted by atomic mass is 16.2. The standard InChI is InChI=1S/C24H45N3O4/c1-4-5-6-7-8-9-10-11-12-13-14-15-23(30)27-21(18-22(25)29)24(31)26-19(2)16-17-20(3)28/h19,21H,4-18H2,1-3H3,(H2,25,29)(H,26,31)(H,27,30). The number of amides is 3. The molecule has 2 atom stereocenters. The van der Waals surface area contributed by atoms with Gasteiger partial charge < -0.3 is 21.2 Å². The molecule has 4 N–H and O–H groups in total. The predicted octanol–water partition coefficient (Wildman–Crippen LogP) is 3.92. The number of rotatable bonds is 20. The lowest BCUT2D eigenvalue weighted by Gasteiger charge is -2.20. The Morgan fingerprint density at radius 2 is 1.29 bits per heavy atom. The van der Waals surface area contributed by atoms with Crippen molar-refractivity contribution in [2.45, 2.75) is 129 Å². The van der Waals surface area contributed by atoms with Gasteiger partial charge in [0, 0.05) is 18.9 Å². The first-order valence-corrected chi connectivity index (χ1v) is 12.1. The van der Waals surface area contributed by atoms with Crippen molar-refractivity contribution in [1.29, 1.82) is 0 Å². The van der Waals surface area contributed by atoms with Gasteiger partial charge in [0.05, 0.1) is 6.42 Å². The Hall–Kier alpha value is -1.92. The van der Waals surface area contributed by atoms with Crippen molar-refractivity contribution in [3.8, 4) is 0 Å². The van der Waals surface area contributed by atoms with E-state index in [1.165, 1.54) is 58.3 Å². The third kappa shape index (κ3) is 18.6. The summed E-state index contributed by atoms with van der Waals surface area (Å²) >= 11 is 0. The van der Waals surface area contributed by atoms with Crippen molar-refractivity contribution < 1.29 is 19.2 Å². The molecule has 0 aromatic heterocycles. The molecule has 0 bridgehead atoms. The molecule has 0 aliphatic heterocycles. The Morgan fingerprint density at radius 1 is 0.774 bits per heavy atom. The van der Waals surface area contributed by atoms with Crippen molar-refractivity contribution in [2.24, 2.45) is 5.73 Å². The summed E-state index contributed by atoms with van der Waals surface area (Å²) in [5, 5.41) is 5.38. The highest BCUT2D eigenvalue weighted by molar-refractivity contribution is 5.91. The van der Waals surface area contributed by atoms with Gasteiger partial charge in [-0.05, 0) is 26.7 Å². The lowest BCUT2D eigenvalue weighted by Crippen LogP contribution is -2.50. The largest absolute Gasteiger partial charge is 0.370 e. The van der Waals surface area contributed by atoms with E-state index in [1.807, 2.05) is 0 Å². The first kappa shape index (κ1) is 29.1. The first-order valence-electron chi connectivity index (χ1n) is 12.1. The van der Waals surface area contributed by atoms with Gasteiger partial charge in [-0.15, -0.1) is 0 Å². The molecule has 0 saturated carbocycles. The van der Waals surface area contributed by atoms with Crippen LogP contribution >= 0.6 is 0 Å². The zero-order chi connectivity index (χ0) is 23.5. The van der Waals surface area contributed by atoms with Crippen LogP contribution < -0.4 is 16.4 Å². The van der Waals surface area contributed by atoms with Crippen LogP contribution in [0.4, 0.5) is 0 Å². The fourth-order valence-electron chi connectivity index (χ4n) is 3.46. The van der Waals surface area contributed by atoms with Crippen LogP contribution in [-0.2, 0) is 19.2 Å². The average molecular weight is 440 g/mol. The van der Waals surface area contributed by atoms with Gasteiger partial charge in [-0.2, -0.15) is 0 Å². The van der Waals surface area contributed by atoms with Gasteiger partial charge in [0.1, 0.15) is 11.8 Å². The molecule has 0 saturated heterocycles. The third-order valence-electron chi connectivity index (χ3n) is 5.38. The average Bonchev–Trinajstić information content (AvgIpc) is 2.69. The molecule has 7 heteroatoms. The SMILES string of the molecule is CCCCCCCCCCCCCC(=O)NC(CC(N)=O)C(=O)NC(C)CCC(C)=O. The molecule has 0 aliphatic carbocycles. The molecule has 0 aromatic carbocycles. The summed E-state index contributed by atoms with van der Waals surface area (Å²) in [6.07, 6.45) is 14.2. The molecule has 0 spiro atoms. The van der Waals surface area contributed by atoms with E-state index in [9.17, 15) is 19.2 Å². The van der Waals surface area contributed by atoms with Crippen LogP contribution in [0.3, 0.4) is 0 Å². The van der Waals surface area contributed by atoms with Gasteiger partial charge >= 0.3 is 0 Å². The second kappa shape index (κ2) is 18.8. The quantitative estimate of drug-likeness (QED) is 0.249. The molecule has 0 rings (SSSR count). The molecule has 0 aliphatic rings. The summed E-state index contributed by atoms with van der Waals surface area (Å²) in [7, 11) is 0. The Labute approximate surface area is 188 Å². The molecule has 0 radical (unpaired) electrons. The molecule has 180 valence electrons. The Morgan fingerprint density at radius 3 is 1.77 bits per heavy atom. The Kier molecular flexibility index (Phi) is 17.7. The highest BCUT2D eigenvalue weighted by Gasteiger charge is 2.23. The van der Waals surface area contributed by atoms with Crippen molar-refractivity contribution in [3.05, 3.63) is 0 Å². The number of hydrogen-bond acceptors (Lipinski definition) is 4. The fraction of sp³-hybridized carbons (Fsp3) is 0.833. The molecule has 2 unspecified atom stereocenters. The summed E-state index contributed by atoms with van der Waals surface area (Å²) in [6.45, 7) is 5.51. The monoisotopic (exact) mass is 439 g/mol. The second-order valence-corrected chi connectivity index (χ2v) is 8.73. The van der Waals surface area contributed by atoms with Gasteiger partial charge in [0.2, 0.25) is 17.7 Å². The number of primary amides is 1. The van der Waals surface area contributed by atoms with Gasteiger partial charge in [0.15, 0.2) is 0 Å². The van der Waals surface area contributed by atoms with Crippen LogP contribution in [0.1, 0.15) is 117 Å². The summed E-state index contributed by atoms with van der Waals surface area (Å²) in [6, 6.07) is -1.20. The van der Waals surface area contributed by atoms with Crippen molar-refractivity contribution in [2.75, 3.05) is 0 Å². The highest BCUT2D eigenvalue weighted by Crippen LogP contribution is 2.12. The number of carbonyl (C=O) groups is 4. The fourth-order valence-corrected chi connectivity index (χ4v) is 3.46. The maximum absolute atomic E-state index is 12.4. The van der Waals surface area contributed by atoms with Gasteiger partial charge in [0.25, 0.3) is 0 Å². The molecular formula is C24H45N3O4. The number of unbranched alkanes of at least 4 members (excludes halogenated alkanes) is 10. The smallest absolute Gasteiger partial charge is 0.243 e. The number of hydrogen-bond donors (Lipinski definition) is 3. The summed E-state index contributed by atoms with van der Waals surface area (Å²) in [5.74, 6) is -1.28. The molecule has 3 amide bonds. The van der Waals surface area contributed by atoms with E-state index in [4.69, 9.17) is 5.73 Å². The van der Waals surface area contributed by atoms with Gasteiger partial charge in [-0.1, -0.05) is 71.1 Å². The van der Waals surface area contributed by atoms with E-state index in [0.29, 0.717) is 19.3 Å². The summed E-state index contributed by atoms with van der Waals surface area (Å²) in [5.41, 5.74) is 5.23. The van der Waals surface area contributed by atoms with Crippen LogP contribution in [0.5, 0.6) is 0 Å². The third-order valence-corrected chi connectivity index (χ3v) is 5.38. The Balaban J connectivity index is 4.07. The van der Waals surface area contributed by atoms with Crippen LogP contribution in [-0.4, -0.2) is 35.6 Å². The normalized spacial score (nSPS) is 12.7. The number of ketones is 1. The molecule has 31 heavy (non-hydrogen) atoms. The van der Waals surface area contributed by atoms with E-state index in [-0.39, 0.29) is 24.2 Å². The number of nitrogens with one attached hydrogen (secondary N) is 2. The van der Waals surface area contributed by atoms with Crippen LogP contribution in [0.15, 0.2) is 0 Å². The minimum absolute atomic E-state index is 0.0510. The molecule has 0 aromatic rings. The van der Waals surface area contributed by atoms with E-state index in [0.717, 1.165) is 19.3 Å². The number of Topliss-reactive ketones (excluding diaryl/α,β-unsaturated/α-hetero) is 1. The second-order valence-electron chi connectivity index (χ2n) is 8.73.